The topological polar surface area (TPSA) is 9.23 Å². The van der Waals surface area contributed by atoms with E-state index >= 15 is 0 Å². The average Bonchev–Trinajstić information content (AvgIpc) is 2.55. The van der Waals surface area contributed by atoms with Crippen LogP contribution in [-0.2, 0) is 11.0 Å². The second-order valence-electron chi connectivity index (χ2n) is 6.41. The van der Waals surface area contributed by atoms with Crippen LogP contribution in [0.3, 0.4) is 0 Å². The minimum absolute atomic E-state index is 0.764. The minimum Gasteiger partial charge on any atom is -0.413 e. The Morgan fingerprint density at radius 3 is 1.68 bits per heavy atom. The van der Waals surface area contributed by atoms with Crippen molar-refractivity contribution in [1.82, 2.24) is 0 Å². The molecule has 0 atom stereocenters. The minimum atomic E-state index is -1.59. The number of halogens is 1. The lowest BCUT2D eigenvalue weighted by Gasteiger charge is -2.32. The van der Waals surface area contributed by atoms with Gasteiger partial charge in [-0.2, -0.15) is 0 Å². The summed E-state index contributed by atoms with van der Waals surface area (Å²) in [4.78, 5) is 0. The van der Waals surface area contributed by atoms with Crippen molar-refractivity contribution in [3.63, 3.8) is 0 Å². The molecule has 0 spiro atoms. The lowest BCUT2D eigenvalue weighted by atomic mass is 10.2. The molecule has 1 nitrogen and oxygen atoms in total. The summed E-state index contributed by atoms with van der Waals surface area (Å²) in [5, 5.41) is 0.801. The van der Waals surface area contributed by atoms with Gasteiger partial charge >= 0.3 is 0 Å². The van der Waals surface area contributed by atoms with E-state index in [2.05, 4.69) is 32.9 Å². The quantitative estimate of drug-likeness (QED) is 0.365. The molecule has 0 saturated heterocycles. The number of hydrogen-bond donors (Lipinski definition) is 0. The Balaban J connectivity index is 2.72. The number of benzene rings is 1. The summed E-state index contributed by atoms with van der Waals surface area (Å²) in [5.41, 5.74) is 1.26. The molecule has 0 saturated carbocycles. The van der Waals surface area contributed by atoms with Gasteiger partial charge in [-0.1, -0.05) is 83.0 Å². The number of unbranched alkanes of at least 4 members (excludes halogenated alkanes) is 3. The van der Waals surface area contributed by atoms with Gasteiger partial charge in [-0.15, -0.1) is 0 Å². The third-order valence-corrected chi connectivity index (χ3v) is 9.22. The number of rotatable bonds is 12. The van der Waals surface area contributed by atoms with Gasteiger partial charge in [0, 0.05) is 5.02 Å². The van der Waals surface area contributed by atoms with Gasteiger partial charge in [0.2, 0.25) is 0 Å². The first-order valence-corrected chi connectivity index (χ1v) is 11.9. The Morgan fingerprint density at radius 2 is 1.27 bits per heavy atom. The van der Waals surface area contributed by atoms with Crippen molar-refractivity contribution in [3.05, 3.63) is 34.9 Å². The van der Waals surface area contributed by atoms with Gasteiger partial charge in [0.1, 0.15) is 0 Å². The van der Waals surface area contributed by atoms with Crippen molar-refractivity contribution in [3.8, 4) is 0 Å². The van der Waals surface area contributed by atoms with Crippen LogP contribution in [0.2, 0.25) is 23.2 Å². The zero-order chi connectivity index (χ0) is 16.3. The van der Waals surface area contributed by atoms with Crippen LogP contribution >= 0.6 is 11.6 Å². The van der Waals surface area contributed by atoms with Crippen LogP contribution in [-0.4, -0.2) is 8.32 Å². The highest BCUT2D eigenvalue weighted by Gasteiger charge is 2.33. The molecule has 1 aromatic rings. The predicted octanol–water partition coefficient (Wildman–Crippen LogP) is 7.20. The fraction of sp³-hybridized carbons (Fsp3) is 0.684. The summed E-state index contributed by atoms with van der Waals surface area (Å²) in [6.07, 6.45) is 7.78. The van der Waals surface area contributed by atoms with Crippen molar-refractivity contribution in [2.45, 2.75) is 84.0 Å². The SMILES string of the molecule is CCCC[Si](CCCC)(CCCC)OCc1ccc(Cl)cc1. The van der Waals surface area contributed by atoms with Crippen molar-refractivity contribution >= 4 is 19.9 Å². The molecule has 0 heterocycles. The first-order valence-electron chi connectivity index (χ1n) is 9.04. The van der Waals surface area contributed by atoms with Gasteiger partial charge in [0.15, 0.2) is 8.32 Å². The Hall–Kier alpha value is -0.313. The Labute approximate surface area is 143 Å². The van der Waals surface area contributed by atoms with E-state index in [1.54, 1.807) is 0 Å². The molecule has 1 aromatic carbocycles. The second kappa shape index (κ2) is 11.3. The molecule has 1 rings (SSSR count). The molecule has 0 fully saturated rings. The molecule has 0 aliphatic rings. The van der Waals surface area contributed by atoms with Crippen LogP contribution in [0, 0.1) is 0 Å². The summed E-state index contributed by atoms with van der Waals surface area (Å²) >= 11 is 5.98. The van der Waals surface area contributed by atoms with Crippen molar-refractivity contribution in [2.75, 3.05) is 0 Å². The van der Waals surface area contributed by atoms with Gasteiger partial charge in [0.25, 0.3) is 0 Å². The fourth-order valence-corrected chi connectivity index (χ4v) is 7.68. The molecule has 0 N–H and O–H groups in total. The summed E-state index contributed by atoms with van der Waals surface area (Å²) in [6.45, 7) is 7.63. The molecule has 0 aromatic heterocycles. The number of hydrogen-bond acceptors (Lipinski definition) is 1. The maximum atomic E-state index is 6.66. The van der Waals surface area contributed by atoms with Gasteiger partial charge in [0.05, 0.1) is 6.61 Å². The van der Waals surface area contributed by atoms with Crippen LogP contribution in [0.5, 0.6) is 0 Å². The van der Waals surface area contributed by atoms with E-state index in [4.69, 9.17) is 16.0 Å². The van der Waals surface area contributed by atoms with Gasteiger partial charge in [-0.05, 0) is 35.8 Å². The van der Waals surface area contributed by atoms with Crippen molar-refractivity contribution in [2.24, 2.45) is 0 Å². The first-order chi connectivity index (χ1) is 10.7. The lowest BCUT2D eigenvalue weighted by Crippen LogP contribution is -2.38. The normalized spacial score (nSPS) is 11.8. The van der Waals surface area contributed by atoms with Gasteiger partial charge in [-0.3, -0.25) is 0 Å². The third kappa shape index (κ3) is 7.30. The van der Waals surface area contributed by atoms with Gasteiger partial charge in [-0.25, -0.2) is 0 Å². The maximum Gasteiger partial charge on any atom is 0.193 e. The van der Waals surface area contributed by atoms with Crippen LogP contribution in [0.25, 0.3) is 0 Å². The van der Waals surface area contributed by atoms with Crippen molar-refractivity contribution < 1.29 is 4.43 Å². The zero-order valence-electron chi connectivity index (χ0n) is 14.7. The Morgan fingerprint density at radius 1 is 0.818 bits per heavy atom. The fourth-order valence-electron chi connectivity index (χ4n) is 2.91. The molecule has 0 aliphatic heterocycles. The highest BCUT2D eigenvalue weighted by Crippen LogP contribution is 2.30. The molecule has 3 heteroatoms. The summed E-state index contributed by atoms with van der Waals surface area (Å²) in [5.74, 6) is 0. The van der Waals surface area contributed by atoms with Crippen LogP contribution in [0.15, 0.2) is 24.3 Å². The molecule has 0 unspecified atom stereocenters. The van der Waals surface area contributed by atoms with E-state index in [1.165, 1.54) is 62.2 Å². The highest BCUT2D eigenvalue weighted by molar-refractivity contribution is 6.73. The molecule has 126 valence electrons. The van der Waals surface area contributed by atoms with E-state index in [0.29, 0.717) is 0 Å². The summed E-state index contributed by atoms with van der Waals surface area (Å²) < 4.78 is 6.66. The molecular formula is C19H33ClOSi. The molecule has 0 radical (unpaired) electrons. The molecule has 0 aliphatic carbocycles. The van der Waals surface area contributed by atoms with E-state index in [-0.39, 0.29) is 0 Å². The average molecular weight is 341 g/mol. The van der Waals surface area contributed by atoms with E-state index in [1.807, 2.05) is 12.1 Å². The zero-order valence-corrected chi connectivity index (χ0v) is 16.4. The smallest absolute Gasteiger partial charge is 0.193 e. The Kier molecular flexibility index (Phi) is 10.1. The van der Waals surface area contributed by atoms with Crippen LogP contribution in [0.1, 0.15) is 64.9 Å². The highest BCUT2D eigenvalue weighted by atomic mass is 35.5. The molecule has 0 bridgehead atoms. The van der Waals surface area contributed by atoms with E-state index in [9.17, 15) is 0 Å². The maximum absolute atomic E-state index is 6.66. The van der Waals surface area contributed by atoms with E-state index in [0.717, 1.165) is 11.6 Å². The monoisotopic (exact) mass is 340 g/mol. The Bertz CT molecular complexity index is 369. The largest absolute Gasteiger partial charge is 0.413 e. The first kappa shape index (κ1) is 19.7. The lowest BCUT2D eigenvalue weighted by molar-refractivity contribution is 0.281. The molecular weight excluding hydrogens is 308 g/mol. The van der Waals surface area contributed by atoms with Crippen LogP contribution in [0.4, 0.5) is 0 Å². The third-order valence-electron chi connectivity index (χ3n) is 4.42. The van der Waals surface area contributed by atoms with Gasteiger partial charge < -0.3 is 4.43 Å². The molecule has 22 heavy (non-hydrogen) atoms. The summed E-state index contributed by atoms with van der Waals surface area (Å²) in [7, 11) is -1.59. The van der Waals surface area contributed by atoms with Crippen LogP contribution < -0.4 is 0 Å². The standard InChI is InChI=1S/C19H33ClOSi/c1-4-7-14-22(15-8-5-2,16-9-6-3)21-17-18-10-12-19(20)13-11-18/h10-13H,4-9,14-17H2,1-3H3. The van der Waals surface area contributed by atoms with Crippen molar-refractivity contribution in [1.29, 1.82) is 0 Å². The predicted molar refractivity (Wildman–Crippen MR) is 101 cm³/mol. The molecule has 0 amide bonds. The summed E-state index contributed by atoms with van der Waals surface area (Å²) in [6, 6.07) is 12.1. The van der Waals surface area contributed by atoms with E-state index < -0.39 is 8.32 Å². The second-order valence-corrected chi connectivity index (χ2v) is 11.0.